The monoisotopic (exact) mass is 396 g/mol. The van der Waals surface area contributed by atoms with Crippen LogP contribution in [0, 0.1) is 5.82 Å². The van der Waals surface area contributed by atoms with E-state index in [0.29, 0.717) is 29.0 Å². The molecule has 1 amide bonds. The number of phenolic OH excluding ortho intramolecular Hbond substituents is 1. The second-order valence-electron chi connectivity index (χ2n) is 7.32. The third-order valence-corrected chi connectivity index (χ3v) is 5.80. The van der Waals surface area contributed by atoms with E-state index in [1.54, 1.807) is 36.8 Å². The van der Waals surface area contributed by atoms with Gasteiger partial charge in [0.15, 0.2) is 5.82 Å². The van der Waals surface area contributed by atoms with Crippen LogP contribution < -0.4 is 9.03 Å². The second-order valence-corrected chi connectivity index (χ2v) is 8.91. The lowest BCUT2D eigenvalue weighted by atomic mass is 9.97. The van der Waals surface area contributed by atoms with Crippen molar-refractivity contribution in [1.29, 1.82) is 0 Å². The molecule has 3 N–H and O–H groups in total. The molecule has 0 atom stereocenters. The molecular weight excluding hydrogens is 375 g/mol. The molecule has 1 heterocycles. The summed E-state index contributed by atoms with van der Waals surface area (Å²) in [5, 5.41) is 20.5. The maximum Gasteiger partial charge on any atom is 0.326 e. The van der Waals surface area contributed by atoms with Crippen molar-refractivity contribution in [2.45, 2.75) is 38.7 Å². The summed E-state index contributed by atoms with van der Waals surface area (Å²) in [6, 6.07) is 6.30. The Balaban J connectivity index is 2.00. The van der Waals surface area contributed by atoms with E-state index in [1.165, 1.54) is 6.07 Å². The number of nitrogens with one attached hydrogen (secondary N) is 1. The smallest absolute Gasteiger partial charge is 0.326 e. The van der Waals surface area contributed by atoms with Gasteiger partial charge in [-0.1, -0.05) is 12.1 Å². The first kappa shape index (κ1) is 19.4. The van der Waals surface area contributed by atoms with Crippen molar-refractivity contribution in [3.05, 3.63) is 35.6 Å². The molecule has 3 rings (SSSR count). The Kier molecular flexibility index (Phi) is 4.77. The number of hydrogen-bond acceptors (Lipinski definition) is 5. The quantitative estimate of drug-likeness (QED) is 0.716. The average molecular weight is 396 g/mol. The molecule has 0 spiro atoms. The molecule has 0 saturated carbocycles. The lowest BCUT2D eigenvalue weighted by Gasteiger charge is -2.19. The van der Waals surface area contributed by atoms with Crippen LogP contribution in [0.4, 0.5) is 10.1 Å². The molecule has 0 bridgehead atoms. The van der Waals surface area contributed by atoms with Gasteiger partial charge in [-0.15, -0.1) is 0 Å². The number of fused-ring (bicyclic) bond motifs is 1. The summed E-state index contributed by atoms with van der Waals surface area (Å²) in [5.74, 6) is -2.27. The molecule has 0 unspecified atom stereocenters. The van der Waals surface area contributed by atoms with Gasteiger partial charge in [0, 0.05) is 5.39 Å². The van der Waals surface area contributed by atoms with Crippen LogP contribution >= 0.6 is 0 Å². The lowest BCUT2D eigenvalue weighted by molar-refractivity contribution is -0.117. The lowest BCUT2D eigenvalue weighted by Crippen LogP contribution is -2.30. The van der Waals surface area contributed by atoms with Crippen molar-refractivity contribution < 1.29 is 27.8 Å². The summed E-state index contributed by atoms with van der Waals surface area (Å²) in [7, 11) is -4.24. The van der Waals surface area contributed by atoms with Crippen LogP contribution in [0.1, 0.15) is 32.3 Å². The van der Waals surface area contributed by atoms with Crippen molar-refractivity contribution in [2.24, 2.45) is 0 Å². The molecule has 2 aromatic rings. The van der Waals surface area contributed by atoms with Crippen molar-refractivity contribution in [3.63, 3.8) is 0 Å². The van der Waals surface area contributed by atoms with Crippen LogP contribution in [0.2, 0.25) is 0 Å². The zero-order valence-corrected chi connectivity index (χ0v) is 15.8. The molecule has 1 aliphatic rings. The normalized spacial score (nSPS) is 16.7. The van der Waals surface area contributed by atoms with Crippen LogP contribution in [0.15, 0.2) is 24.3 Å². The van der Waals surface area contributed by atoms with Crippen molar-refractivity contribution in [1.82, 2.24) is 4.72 Å². The number of benzene rings is 2. The largest absolute Gasteiger partial charge is 0.506 e. The molecule has 0 radical (unpaired) electrons. The van der Waals surface area contributed by atoms with Crippen LogP contribution in [0.3, 0.4) is 0 Å². The van der Waals surface area contributed by atoms with Crippen LogP contribution in [-0.2, 0) is 21.4 Å². The minimum Gasteiger partial charge on any atom is -0.506 e. The Morgan fingerprint density at radius 2 is 2.00 bits per heavy atom. The number of anilines is 1. The molecule has 1 aliphatic heterocycles. The Morgan fingerprint density at radius 3 is 2.59 bits per heavy atom. The first-order chi connectivity index (χ1) is 12.5. The van der Waals surface area contributed by atoms with Gasteiger partial charge < -0.3 is 10.2 Å². The average Bonchev–Trinajstić information content (AvgIpc) is 2.79. The number of carbonyl (C=O) groups excluding carboxylic acids is 1. The molecule has 0 aliphatic carbocycles. The van der Waals surface area contributed by atoms with E-state index in [0.717, 1.165) is 5.56 Å². The van der Waals surface area contributed by atoms with Gasteiger partial charge in [0.1, 0.15) is 18.0 Å². The molecule has 1 saturated heterocycles. The van der Waals surface area contributed by atoms with Crippen LogP contribution in [0.5, 0.6) is 5.75 Å². The standard InChI is InChI=1S/C18H21FN2O5S/c1-18(2,24)7-3-4-11-5-6-12-9-14(22)17(16(19)13(12)8-11)21-10-15(23)20-27(21,25)26/h5-6,8-9,22,24H,3-4,7,10H2,1-2H3,(H,20,23). The molecule has 2 aromatic carbocycles. The number of aromatic hydroxyl groups is 1. The molecule has 9 heteroatoms. The third-order valence-electron chi connectivity index (χ3n) is 4.42. The summed E-state index contributed by atoms with van der Waals surface area (Å²) < 4.78 is 41.4. The SMILES string of the molecule is CC(C)(O)CCCc1ccc2cc(O)c(N3CC(=O)NS3(=O)=O)c(F)c2c1. The van der Waals surface area contributed by atoms with Gasteiger partial charge in [0.05, 0.1) is 5.60 Å². The van der Waals surface area contributed by atoms with E-state index in [1.807, 2.05) is 0 Å². The minimum absolute atomic E-state index is 0.151. The van der Waals surface area contributed by atoms with Gasteiger partial charge in [-0.3, -0.25) is 4.79 Å². The number of phenols is 1. The van der Waals surface area contributed by atoms with E-state index in [4.69, 9.17) is 0 Å². The van der Waals surface area contributed by atoms with Gasteiger partial charge in [0.2, 0.25) is 0 Å². The number of aryl methyl sites for hydroxylation is 1. The Bertz CT molecular complexity index is 1010. The molecule has 27 heavy (non-hydrogen) atoms. The van der Waals surface area contributed by atoms with Crippen LogP contribution in [-0.4, -0.2) is 36.7 Å². The predicted molar refractivity (Wildman–Crippen MR) is 99.2 cm³/mol. The fourth-order valence-corrected chi connectivity index (χ4v) is 4.30. The molecule has 7 nitrogen and oxygen atoms in total. The zero-order chi connectivity index (χ0) is 20.0. The van der Waals surface area contributed by atoms with Gasteiger partial charge in [-0.05, 0) is 56.2 Å². The molecule has 146 valence electrons. The second kappa shape index (κ2) is 6.65. The van der Waals surface area contributed by atoms with Gasteiger partial charge in [-0.2, -0.15) is 8.42 Å². The van der Waals surface area contributed by atoms with Crippen molar-refractivity contribution >= 4 is 32.6 Å². The summed E-state index contributed by atoms with van der Waals surface area (Å²) in [5.41, 5.74) is -0.514. The summed E-state index contributed by atoms with van der Waals surface area (Å²) in [6.07, 6.45) is 1.88. The van der Waals surface area contributed by atoms with Crippen molar-refractivity contribution in [2.75, 3.05) is 10.8 Å². The maximum absolute atomic E-state index is 15.1. The number of rotatable bonds is 5. The molecule has 1 fully saturated rings. The summed E-state index contributed by atoms with van der Waals surface area (Å²) in [4.78, 5) is 11.4. The van der Waals surface area contributed by atoms with Crippen molar-refractivity contribution in [3.8, 4) is 5.75 Å². The number of hydrogen-bond donors (Lipinski definition) is 3. The highest BCUT2D eigenvalue weighted by molar-refractivity contribution is 7.92. The number of nitrogens with zero attached hydrogens (tertiary/aromatic N) is 1. The Hall–Kier alpha value is -2.39. The zero-order valence-electron chi connectivity index (χ0n) is 15.0. The van der Waals surface area contributed by atoms with Gasteiger partial charge in [0.25, 0.3) is 5.91 Å². The fourth-order valence-electron chi connectivity index (χ4n) is 3.14. The third kappa shape index (κ3) is 3.98. The van der Waals surface area contributed by atoms with E-state index in [-0.39, 0.29) is 5.39 Å². The van der Waals surface area contributed by atoms with E-state index < -0.39 is 45.5 Å². The summed E-state index contributed by atoms with van der Waals surface area (Å²) in [6.45, 7) is 2.84. The van der Waals surface area contributed by atoms with Gasteiger partial charge >= 0.3 is 10.2 Å². The highest BCUT2D eigenvalue weighted by Gasteiger charge is 2.37. The Morgan fingerprint density at radius 1 is 1.30 bits per heavy atom. The number of amides is 1. The van der Waals surface area contributed by atoms with E-state index >= 15 is 4.39 Å². The Labute approximate surface area is 156 Å². The number of aliphatic hydroxyl groups is 1. The molecular formula is C18H21FN2O5S. The molecule has 0 aromatic heterocycles. The maximum atomic E-state index is 15.1. The number of halogens is 1. The topological polar surface area (TPSA) is 107 Å². The fraction of sp³-hybridized carbons (Fsp3) is 0.389. The van der Waals surface area contributed by atoms with Gasteiger partial charge in [-0.25, -0.2) is 13.4 Å². The van der Waals surface area contributed by atoms with E-state index in [9.17, 15) is 23.4 Å². The van der Waals surface area contributed by atoms with E-state index in [2.05, 4.69) is 0 Å². The predicted octanol–water partition coefficient (Wildman–Crippen LogP) is 1.96. The first-order valence-electron chi connectivity index (χ1n) is 8.48. The number of carbonyl (C=O) groups is 1. The van der Waals surface area contributed by atoms with Crippen LogP contribution in [0.25, 0.3) is 10.8 Å². The highest BCUT2D eigenvalue weighted by atomic mass is 32.2. The minimum atomic E-state index is -4.24. The first-order valence-corrected chi connectivity index (χ1v) is 9.92. The summed E-state index contributed by atoms with van der Waals surface area (Å²) >= 11 is 0. The highest BCUT2D eigenvalue weighted by Crippen LogP contribution is 2.38.